The monoisotopic (exact) mass is 318 g/mol. The third-order valence-electron chi connectivity index (χ3n) is 3.30. The van der Waals surface area contributed by atoms with Gasteiger partial charge in [0.15, 0.2) is 5.82 Å². The van der Waals surface area contributed by atoms with Crippen molar-refractivity contribution in [1.82, 2.24) is 9.97 Å². The van der Waals surface area contributed by atoms with Crippen LogP contribution in [0.1, 0.15) is 16.0 Å². The van der Waals surface area contributed by atoms with E-state index >= 15 is 0 Å². The van der Waals surface area contributed by atoms with Crippen LogP contribution in [0.3, 0.4) is 0 Å². The van der Waals surface area contributed by atoms with Crippen LogP contribution >= 0.6 is 11.3 Å². The second-order valence-electron chi connectivity index (χ2n) is 4.72. The Labute approximate surface area is 129 Å². The predicted molar refractivity (Wildman–Crippen MR) is 84.5 cm³/mol. The van der Waals surface area contributed by atoms with E-state index in [0.717, 1.165) is 26.7 Å². The van der Waals surface area contributed by atoms with Crippen molar-refractivity contribution in [3.63, 3.8) is 0 Å². The molecule has 0 aliphatic carbocycles. The van der Waals surface area contributed by atoms with Gasteiger partial charge in [0.05, 0.1) is 11.6 Å². The van der Waals surface area contributed by atoms with Crippen molar-refractivity contribution in [3.8, 4) is 0 Å². The number of hydrazone groups is 1. The highest BCUT2D eigenvalue weighted by atomic mass is 32.1. The average molecular weight is 318 g/mol. The van der Waals surface area contributed by atoms with Gasteiger partial charge in [-0.05, 0) is 31.5 Å². The molecule has 4 nitrogen and oxygen atoms in total. The molecular formula is C15H12F2N4S. The first-order valence-electron chi connectivity index (χ1n) is 6.51. The summed E-state index contributed by atoms with van der Waals surface area (Å²) in [5.41, 5.74) is 4.08. The highest BCUT2D eigenvalue weighted by molar-refractivity contribution is 7.18. The molecule has 0 saturated heterocycles. The molecule has 2 heterocycles. The first kappa shape index (κ1) is 14.5. The van der Waals surface area contributed by atoms with E-state index in [9.17, 15) is 8.78 Å². The Balaban J connectivity index is 1.89. The van der Waals surface area contributed by atoms with E-state index in [1.165, 1.54) is 24.7 Å². The molecular weight excluding hydrogens is 306 g/mol. The van der Waals surface area contributed by atoms with Crippen molar-refractivity contribution in [3.05, 3.63) is 52.2 Å². The van der Waals surface area contributed by atoms with Gasteiger partial charge in [-0.1, -0.05) is 0 Å². The van der Waals surface area contributed by atoms with Gasteiger partial charge in [0.25, 0.3) is 0 Å². The van der Waals surface area contributed by atoms with Crippen LogP contribution in [-0.4, -0.2) is 16.2 Å². The van der Waals surface area contributed by atoms with E-state index in [1.54, 1.807) is 11.3 Å². The summed E-state index contributed by atoms with van der Waals surface area (Å²) in [4.78, 5) is 10.4. The Kier molecular flexibility index (Phi) is 3.81. The van der Waals surface area contributed by atoms with Gasteiger partial charge in [0, 0.05) is 16.5 Å². The molecule has 0 aliphatic rings. The molecule has 0 radical (unpaired) electrons. The second-order valence-corrected chi connectivity index (χ2v) is 5.92. The fourth-order valence-electron chi connectivity index (χ4n) is 2.04. The van der Waals surface area contributed by atoms with Crippen LogP contribution in [0.4, 0.5) is 14.6 Å². The van der Waals surface area contributed by atoms with Crippen LogP contribution in [0.15, 0.2) is 29.6 Å². The summed E-state index contributed by atoms with van der Waals surface area (Å²) < 4.78 is 26.4. The Hall–Kier alpha value is -2.41. The molecule has 22 heavy (non-hydrogen) atoms. The van der Waals surface area contributed by atoms with Crippen LogP contribution in [0.25, 0.3) is 10.2 Å². The minimum atomic E-state index is -0.666. The van der Waals surface area contributed by atoms with Crippen LogP contribution in [0.2, 0.25) is 0 Å². The van der Waals surface area contributed by atoms with Crippen molar-refractivity contribution < 1.29 is 8.78 Å². The van der Waals surface area contributed by atoms with Crippen molar-refractivity contribution in [2.75, 3.05) is 5.43 Å². The summed E-state index contributed by atoms with van der Waals surface area (Å²) in [6.07, 6.45) is 2.74. The lowest BCUT2D eigenvalue weighted by molar-refractivity contribution is 0.582. The standard InChI is InChI=1S/C15H12F2N4S/c1-8-9(2)22-15-13(8)14(18-7-19-15)21-20-6-10-3-4-11(16)5-12(10)17/h3-7H,1-2H3,(H,18,19,21)/b20-6+. The summed E-state index contributed by atoms with van der Waals surface area (Å²) in [5, 5.41) is 4.88. The number of benzene rings is 1. The molecule has 0 atom stereocenters. The molecule has 0 saturated carbocycles. The maximum Gasteiger partial charge on any atom is 0.158 e. The van der Waals surface area contributed by atoms with Gasteiger partial charge in [-0.3, -0.25) is 5.43 Å². The number of nitrogens with one attached hydrogen (secondary N) is 1. The molecule has 1 aromatic carbocycles. The summed E-state index contributed by atoms with van der Waals surface area (Å²) in [5.74, 6) is -0.726. The SMILES string of the molecule is Cc1sc2ncnc(N/N=C/c3ccc(F)cc3F)c2c1C. The van der Waals surface area contributed by atoms with Crippen molar-refractivity contribution in [1.29, 1.82) is 0 Å². The van der Waals surface area contributed by atoms with E-state index in [-0.39, 0.29) is 5.56 Å². The zero-order valence-electron chi connectivity index (χ0n) is 11.9. The zero-order valence-corrected chi connectivity index (χ0v) is 12.7. The number of fused-ring (bicyclic) bond motifs is 1. The number of aryl methyl sites for hydroxylation is 2. The third kappa shape index (κ3) is 2.67. The molecule has 2 aromatic heterocycles. The van der Waals surface area contributed by atoms with E-state index in [2.05, 4.69) is 20.5 Å². The average Bonchev–Trinajstić information content (AvgIpc) is 2.77. The van der Waals surface area contributed by atoms with Gasteiger partial charge in [0.2, 0.25) is 0 Å². The minimum absolute atomic E-state index is 0.192. The van der Waals surface area contributed by atoms with Crippen LogP contribution in [-0.2, 0) is 0 Å². The lowest BCUT2D eigenvalue weighted by Gasteiger charge is -2.02. The van der Waals surface area contributed by atoms with Crippen LogP contribution in [0, 0.1) is 25.5 Å². The van der Waals surface area contributed by atoms with Gasteiger partial charge < -0.3 is 0 Å². The fourth-order valence-corrected chi connectivity index (χ4v) is 3.03. The number of halogens is 2. The van der Waals surface area contributed by atoms with Crippen molar-refractivity contribution >= 4 is 33.6 Å². The van der Waals surface area contributed by atoms with E-state index in [0.29, 0.717) is 5.82 Å². The molecule has 0 amide bonds. The highest BCUT2D eigenvalue weighted by Crippen LogP contribution is 2.32. The first-order valence-corrected chi connectivity index (χ1v) is 7.32. The van der Waals surface area contributed by atoms with E-state index in [4.69, 9.17) is 0 Å². The van der Waals surface area contributed by atoms with Gasteiger partial charge in [-0.25, -0.2) is 18.7 Å². The third-order valence-corrected chi connectivity index (χ3v) is 4.42. The molecule has 7 heteroatoms. The summed E-state index contributed by atoms with van der Waals surface area (Å²) >= 11 is 1.58. The number of rotatable bonds is 3. The fraction of sp³-hybridized carbons (Fsp3) is 0.133. The van der Waals surface area contributed by atoms with E-state index in [1.807, 2.05) is 13.8 Å². The number of hydrogen-bond donors (Lipinski definition) is 1. The molecule has 0 unspecified atom stereocenters. The number of nitrogens with zero attached hydrogens (tertiary/aromatic N) is 3. The van der Waals surface area contributed by atoms with Gasteiger partial charge in [-0.15, -0.1) is 11.3 Å². The number of anilines is 1. The van der Waals surface area contributed by atoms with Gasteiger partial charge in [-0.2, -0.15) is 5.10 Å². The normalized spacial score (nSPS) is 11.5. The van der Waals surface area contributed by atoms with Gasteiger partial charge >= 0.3 is 0 Å². The maximum absolute atomic E-state index is 13.5. The molecule has 3 rings (SSSR count). The van der Waals surface area contributed by atoms with E-state index < -0.39 is 11.6 Å². The summed E-state index contributed by atoms with van der Waals surface area (Å²) in [6, 6.07) is 3.32. The summed E-state index contributed by atoms with van der Waals surface area (Å²) in [7, 11) is 0. The number of aromatic nitrogens is 2. The molecule has 3 aromatic rings. The molecule has 0 spiro atoms. The van der Waals surface area contributed by atoms with Crippen LogP contribution in [0.5, 0.6) is 0 Å². The maximum atomic E-state index is 13.5. The van der Waals surface area contributed by atoms with Gasteiger partial charge in [0.1, 0.15) is 22.8 Å². The van der Waals surface area contributed by atoms with Crippen molar-refractivity contribution in [2.45, 2.75) is 13.8 Å². The molecule has 0 bridgehead atoms. The molecule has 0 fully saturated rings. The second kappa shape index (κ2) is 5.76. The topological polar surface area (TPSA) is 50.2 Å². The Bertz CT molecular complexity index is 873. The molecule has 112 valence electrons. The molecule has 1 N–H and O–H groups in total. The van der Waals surface area contributed by atoms with Crippen molar-refractivity contribution in [2.24, 2.45) is 5.10 Å². The Morgan fingerprint density at radius 2 is 2.05 bits per heavy atom. The lowest BCUT2D eigenvalue weighted by Crippen LogP contribution is -1.97. The quantitative estimate of drug-likeness (QED) is 0.586. The molecule has 0 aliphatic heterocycles. The predicted octanol–water partition coefficient (Wildman–Crippen LogP) is 4.03. The number of hydrogen-bond acceptors (Lipinski definition) is 5. The minimum Gasteiger partial charge on any atom is -0.261 e. The summed E-state index contributed by atoms with van der Waals surface area (Å²) in [6.45, 7) is 4.01. The first-order chi connectivity index (χ1) is 10.6. The highest BCUT2D eigenvalue weighted by Gasteiger charge is 2.11. The largest absolute Gasteiger partial charge is 0.261 e. The number of thiophene rings is 1. The zero-order chi connectivity index (χ0) is 15.7. The smallest absolute Gasteiger partial charge is 0.158 e. The Morgan fingerprint density at radius 3 is 2.82 bits per heavy atom. The van der Waals surface area contributed by atoms with Crippen LogP contribution < -0.4 is 5.43 Å². The lowest BCUT2D eigenvalue weighted by atomic mass is 10.2. The Morgan fingerprint density at radius 1 is 1.23 bits per heavy atom.